The van der Waals surface area contributed by atoms with Crippen LogP contribution in [0.3, 0.4) is 0 Å². The number of fused-ring (bicyclic) bond motifs is 30. The highest BCUT2D eigenvalue weighted by atomic mass is 16.5. The minimum atomic E-state index is -0.801. The molecule has 618 valence electrons. The number of carbonyl (C=O) groups excluding carboxylic acids is 3. The summed E-state index contributed by atoms with van der Waals surface area (Å²) in [6.45, 7) is 11.8. The SMILES string of the molecule is Cc1cc2cc(c1)-c1cc3cc(c1)-c1cc(C)cc(c1)C#Cc1cccc4cc5cccc(c5cc14)C#Cc1cc(C)cc(c1)-c1cc4cc(c1)-c1cc(C)cc(c1)C#Cc1cccc5cc6cccc(c6cc15)C#Cc1cc(C)cc(c1)-c1cc(cc(c1)-c1cc(C)cc(c1)C#Cc1cccc5cc6cccc(c6cc15)C#C2)COC(=O)c1cc(cc(c1)C(=O)OC4)C(=O)OC3. The zero-order valence-electron chi connectivity index (χ0n) is 73.2. The molecule has 0 aromatic heterocycles. The van der Waals surface area contributed by atoms with Crippen LogP contribution in [0.2, 0.25) is 0 Å². The fraction of sp³-hybridized carbons (Fsp3) is 0.0714. The highest BCUT2D eigenvalue weighted by molar-refractivity contribution is 6.07. The standard InChI is InChI=1S/C126H78O6/c1-76-37-82-25-31-91-13-7-19-97-61-98-20-8-14-92(119(98)70-118(91)97)33-27-84-39-78(3)45-105(51-84)111-57-89-58-112(65-111)106-46-80(5)41-86(53-106)29-35-95-17-11-23-101-63-102-24-12-18-96(123(102)72-122(95)101)36-30-87-42-81(6)48-108(54-87)114-60-90-59-113(66-114)107-47-79(4)40-85(52-107)28-34-94-16-10-22-100-62-99-21-9-15-93(120(99)71-121(94)100)32-26-83-38-77(2)44-104(50-83)110-56-88(55-109(64-110)103(43-76)49-82)73-130-124(127)115-67-116(125(128)131-74-89)69-117(68-115)126(129)132-75-90/h7-24,37-72H,73-75H2,1-6H3. The summed E-state index contributed by atoms with van der Waals surface area (Å²) in [5, 5.41) is 12.3. The summed E-state index contributed by atoms with van der Waals surface area (Å²) in [4.78, 5) is 46.4. The maximum atomic E-state index is 15.5. The Morgan fingerprint density at radius 2 is 0.348 bits per heavy atom. The van der Waals surface area contributed by atoms with E-state index in [2.05, 4.69) is 386 Å². The Hall–Kier alpha value is -17.5. The van der Waals surface area contributed by atoms with Crippen LogP contribution in [0.1, 0.15) is 148 Å². The number of hydrogen-bond acceptors (Lipinski definition) is 6. The van der Waals surface area contributed by atoms with E-state index in [1.807, 2.05) is 36.4 Å². The van der Waals surface area contributed by atoms with E-state index in [1.54, 1.807) is 0 Å². The normalized spacial score (nSPS) is 12.5. The molecule has 132 heavy (non-hydrogen) atoms. The molecule has 0 atom stereocenters. The Labute approximate surface area is 766 Å². The van der Waals surface area contributed by atoms with E-state index in [0.29, 0.717) is 16.7 Å². The van der Waals surface area contributed by atoms with Gasteiger partial charge in [0.2, 0.25) is 0 Å². The molecule has 3 heterocycles. The van der Waals surface area contributed by atoms with Crippen molar-refractivity contribution in [2.45, 2.75) is 61.4 Å². The van der Waals surface area contributed by atoms with E-state index < -0.39 is 17.9 Å². The van der Waals surface area contributed by atoms with Gasteiger partial charge in [-0.05, 0) is 441 Å². The Bertz CT molecular complexity index is 7520. The zero-order valence-corrected chi connectivity index (χ0v) is 73.2. The first-order valence-corrected chi connectivity index (χ1v) is 44.2. The molecule has 6 heteroatoms. The minimum absolute atomic E-state index is 0.0800. The van der Waals surface area contributed by atoms with Crippen LogP contribution in [0.15, 0.2) is 328 Å². The molecule has 0 N–H and O–H groups in total. The van der Waals surface area contributed by atoms with E-state index in [-0.39, 0.29) is 36.5 Å². The van der Waals surface area contributed by atoms with Crippen molar-refractivity contribution in [3.05, 3.63) is 461 Å². The Morgan fingerprint density at radius 1 is 0.174 bits per heavy atom. The van der Waals surface area contributed by atoms with Crippen molar-refractivity contribution in [2.24, 2.45) is 0 Å². The number of rotatable bonds is 0. The third kappa shape index (κ3) is 16.5. The van der Waals surface area contributed by atoms with E-state index >= 15 is 14.4 Å². The van der Waals surface area contributed by atoms with Gasteiger partial charge >= 0.3 is 17.9 Å². The van der Waals surface area contributed by atoms with Crippen molar-refractivity contribution in [1.82, 2.24) is 0 Å². The molecule has 0 fully saturated rings. The summed E-state index contributed by atoms with van der Waals surface area (Å²) in [5.41, 5.74) is 28.2. The molecule has 0 saturated heterocycles. The van der Waals surface area contributed by atoms with Gasteiger partial charge in [0.15, 0.2) is 0 Å². The van der Waals surface area contributed by atoms with E-state index in [4.69, 9.17) is 14.2 Å². The minimum Gasteiger partial charge on any atom is -0.457 e. The molecule has 0 amide bonds. The molecule has 3 aliphatic heterocycles. The zero-order chi connectivity index (χ0) is 89.4. The van der Waals surface area contributed by atoms with Crippen molar-refractivity contribution in [2.75, 3.05) is 0 Å². The molecular formula is C126H78O6. The van der Waals surface area contributed by atoms with Crippen LogP contribution in [0.4, 0.5) is 0 Å². The van der Waals surface area contributed by atoms with E-state index in [9.17, 15) is 0 Å². The number of esters is 3. The second-order valence-corrected chi connectivity index (χ2v) is 35.0. The van der Waals surface area contributed by atoms with Gasteiger partial charge in [-0.1, -0.05) is 180 Å². The first-order chi connectivity index (χ1) is 64.3. The van der Waals surface area contributed by atoms with Gasteiger partial charge in [-0.3, -0.25) is 0 Å². The van der Waals surface area contributed by atoms with Crippen molar-refractivity contribution < 1.29 is 28.6 Å². The second kappa shape index (κ2) is 33.4. The lowest BCUT2D eigenvalue weighted by Crippen LogP contribution is -2.13. The molecule has 22 rings (SSSR count). The Kier molecular flexibility index (Phi) is 20.3. The number of aryl methyl sites for hydroxylation is 6. The van der Waals surface area contributed by atoms with Gasteiger partial charge in [-0.2, -0.15) is 0 Å². The second-order valence-electron chi connectivity index (χ2n) is 35.0. The average Bonchev–Trinajstić information content (AvgIpc) is 0.775. The molecule has 30 bridgehead atoms. The topological polar surface area (TPSA) is 78.9 Å². The quantitative estimate of drug-likeness (QED) is 0.0651. The summed E-state index contributed by atoms with van der Waals surface area (Å²) in [5.74, 6) is 40.9. The summed E-state index contributed by atoms with van der Waals surface area (Å²) in [7, 11) is 0. The van der Waals surface area contributed by atoms with Crippen LogP contribution < -0.4 is 0 Å². The van der Waals surface area contributed by atoms with Gasteiger partial charge in [0, 0.05) is 66.8 Å². The van der Waals surface area contributed by atoms with Crippen LogP contribution in [-0.2, 0) is 34.0 Å². The van der Waals surface area contributed by atoms with Crippen LogP contribution in [-0.4, -0.2) is 17.9 Å². The largest absolute Gasteiger partial charge is 0.457 e. The molecule has 0 saturated carbocycles. The fourth-order valence-electron chi connectivity index (χ4n) is 18.8. The summed E-state index contributed by atoms with van der Waals surface area (Å²) in [6, 6.07) is 112. The van der Waals surface area contributed by atoms with Gasteiger partial charge in [0.05, 0.1) is 16.7 Å². The first-order valence-electron chi connectivity index (χ1n) is 44.2. The fourth-order valence-corrected chi connectivity index (χ4v) is 18.8. The summed E-state index contributed by atoms with van der Waals surface area (Å²) < 4.78 is 19.5. The molecule has 19 aromatic carbocycles. The van der Waals surface area contributed by atoms with Gasteiger partial charge in [0.25, 0.3) is 0 Å². The van der Waals surface area contributed by atoms with Gasteiger partial charge in [0.1, 0.15) is 19.8 Å². The molecular weight excluding hydrogens is 1610 g/mol. The maximum Gasteiger partial charge on any atom is 0.338 e. The molecule has 0 unspecified atom stereocenters. The third-order valence-corrected chi connectivity index (χ3v) is 24.9. The van der Waals surface area contributed by atoms with Crippen LogP contribution in [0, 0.1) is 113 Å². The Balaban J connectivity index is 0.767. The predicted molar refractivity (Wildman–Crippen MR) is 534 cm³/mol. The van der Waals surface area contributed by atoms with Gasteiger partial charge in [-0.15, -0.1) is 0 Å². The smallest absolute Gasteiger partial charge is 0.338 e. The molecule has 0 aliphatic carbocycles. The van der Waals surface area contributed by atoms with Crippen molar-refractivity contribution in [3.63, 3.8) is 0 Å². The first kappa shape index (κ1) is 80.3. The lowest BCUT2D eigenvalue weighted by Gasteiger charge is -2.15. The molecule has 0 radical (unpaired) electrons. The molecule has 3 aliphatic rings. The predicted octanol–water partition coefficient (Wildman–Crippen LogP) is 27.9. The lowest BCUT2D eigenvalue weighted by atomic mass is 9.92. The Morgan fingerprint density at radius 3 is 0.538 bits per heavy atom. The average molecular weight is 1690 g/mol. The summed E-state index contributed by atoms with van der Waals surface area (Å²) >= 11 is 0. The van der Waals surface area contributed by atoms with Gasteiger partial charge in [-0.25, -0.2) is 14.4 Å². The lowest BCUT2D eigenvalue weighted by molar-refractivity contribution is 0.0468. The highest BCUT2D eigenvalue weighted by Crippen LogP contribution is 2.40. The van der Waals surface area contributed by atoms with E-state index in [1.165, 1.54) is 18.2 Å². The monoisotopic (exact) mass is 1690 g/mol. The number of carbonyl (C=O) groups is 3. The maximum absolute atomic E-state index is 15.5. The van der Waals surface area contributed by atoms with Crippen molar-refractivity contribution in [3.8, 4) is 138 Å². The number of ether oxygens (including phenoxy) is 3. The molecule has 0 spiro atoms. The number of hydrogen-bond donors (Lipinski definition) is 0. The third-order valence-electron chi connectivity index (χ3n) is 24.9. The summed E-state index contributed by atoms with van der Waals surface area (Å²) in [6.07, 6.45) is 0. The number of benzene rings is 19. The molecule has 19 aromatic rings. The van der Waals surface area contributed by atoms with Gasteiger partial charge < -0.3 is 14.2 Å². The van der Waals surface area contributed by atoms with Crippen LogP contribution in [0.5, 0.6) is 0 Å². The van der Waals surface area contributed by atoms with Crippen LogP contribution >= 0.6 is 0 Å². The van der Waals surface area contributed by atoms with Crippen LogP contribution in [0.25, 0.3) is 131 Å². The van der Waals surface area contributed by atoms with Crippen molar-refractivity contribution in [1.29, 1.82) is 0 Å². The molecule has 6 nitrogen and oxygen atoms in total. The van der Waals surface area contributed by atoms with Crippen molar-refractivity contribution >= 4 is 82.5 Å². The highest BCUT2D eigenvalue weighted by Gasteiger charge is 2.24. The van der Waals surface area contributed by atoms with E-state index in [0.717, 1.165) is 232 Å².